The first kappa shape index (κ1) is 16.5. The maximum Gasteiger partial charge on any atom is 0.243 e. The number of rotatable bonds is 5. The van der Waals surface area contributed by atoms with E-state index in [4.69, 9.17) is 0 Å². The number of carbonyl (C=O) groups excluding carboxylic acids is 1. The van der Waals surface area contributed by atoms with Gasteiger partial charge in [-0.2, -0.15) is 5.26 Å². The second kappa shape index (κ2) is 6.76. The van der Waals surface area contributed by atoms with Gasteiger partial charge < -0.3 is 10.6 Å². The van der Waals surface area contributed by atoms with Crippen LogP contribution in [-0.2, 0) is 4.79 Å². The lowest BCUT2D eigenvalue weighted by Gasteiger charge is -2.29. The van der Waals surface area contributed by atoms with Gasteiger partial charge in [0.05, 0.1) is 6.07 Å². The zero-order valence-corrected chi connectivity index (χ0v) is 13.8. The minimum Gasteiger partial charge on any atom is -0.374 e. The number of nitriles is 1. The van der Waals surface area contributed by atoms with E-state index in [1.54, 1.807) is 13.8 Å². The number of hydrogen-bond donors (Lipinski definition) is 2. The Bertz CT molecular complexity index is 507. The molecule has 0 bridgehead atoms. The quantitative estimate of drug-likeness (QED) is 0.866. The maximum atomic E-state index is 12.2. The van der Waals surface area contributed by atoms with Crippen molar-refractivity contribution in [3.63, 3.8) is 0 Å². The zero-order valence-electron chi connectivity index (χ0n) is 12.2. The molecule has 1 aromatic rings. The fourth-order valence-electron chi connectivity index (χ4n) is 1.53. The molecule has 1 aromatic carbocycles. The summed E-state index contributed by atoms with van der Waals surface area (Å²) in [6, 6.07) is 9.34. The molecule has 0 spiro atoms. The predicted molar refractivity (Wildman–Crippen MR) is 84.2 cm³/mol. The number of anilines is 1. The number of halogens is 1. The summed E-state index contributed by atoms with van der Waals surface area (Å²) in [6.07, 6.45) is 0. The largest absolute Gasteiger partial charge is 0.374 e. The number of amides is 1. The van der Waals surface area contributed by atoms with Gasteiger partial charge in [0.1, 0.15) is 11.6 Å². The average molecular weight is 338 g/mol. The summed E-state index contributed by atoms with van der Waals surface area (Å²) in [5.41, 5.74) is 0.00581. The molecule has 0 radical (unpaired) electrons. The van der Waals surface area contributed by atoms with Gasteiger partial charge >= 0.3 is 0 Å². The van der Waals surface area contributed by atoms with E-state index in [0.29, 0.717) is 0 Å². The van der Waals surface area contributed by atoms with E-state index in [1.807, 2.05) is 38.1 Å². The van der Waals surface area contributed by atoms with Crippen LogP contribution in [0.4, 0.5) is 5.69 Å². The van der Waals surface area contributed by atoms with Crippen LogP contribution >= 0.6 is 15.9 Å². The van der Waals surface area contributed by atoms with Crippen molar-refractivity contribution in [2.24, 2.45) is 5.92 Å². The van der Waals surface area contributed by atoms with Crippen molar-refractivity contribution in [1.82, 2.24) is 5.32 Å². The third-order valence-electron chi connectivity index (χ3n) is 3.39. The Hall–Kier alpha value is -1.54. The Balaban J connectivity index is 2.68. The number of nitrogens with one attached hydrogen (secondary N) is 2. The molecular formula is C15H20BrN3O. The molecule has 2 atom stereocenters. The van der Waals surface area contributed by atoms with Crippen LogP contribution in [0.1, 0.15) is 27.7 Å². The van der Waals surface area contributed by atoms with Gasteiger partial charge in [0.25, 0.3) is 0 Å². The van der Waals surface area contributed by atoms with Crippen LogP contribution in [0.3, 0.4) is 0 Å². The Morgan fingerprint density at radius 3 is 2.30 bits per heavy atom. The molecule has 1 rings (SSSR count). The van der Waals surface area contributed by atoms with Crippen LogP contribution in [0.5, 0.6) is 0 Å². The lowest BCUT2D eigenvalue weighted by molar-refractivity contribution is -0.123. The van der Waals surface area contributed by atoms with E-state index in [2.05, 4.69) is 32.6 Å². The summed E-state index contributed by atoms with van der Waals surface area (Å²) in [7, 11) is 0. The summed E-state index contributed by atoms with van der Waals surface area (Å²) in [4.78, 5) is 12.2. The Morgan fingerprint density at radius 2 is 1.85 bits per heavy atom. The van der Waals surface area contributed by atoms with Gasteiger partial charge in [0, 0.05) is 10.2 Å². The molecule has 2 N–H and O–H groups in total. The van der Waals surface area contributed by atoms with Gasteiger partial charge in [-0.25, -0.2) is 0 Å². The van der Waals surface area contributed by atoms with Crippen LogP contribution in [-0.4, -0.2) is 17.5 Å². The standard InChI is InChI=1S/C15H20BrN3O/c1-10(2)15(4,9-17)19-14(20)11(3)18-13-7-5-12(16)6-8-13/h5-8,10-11,18H,1-4H3,(H,19,20)/t11-,15+/m0/s1. The minimum atomic E-state index is -0.854. The summed E-state index contributed by atoms with van der Waals surface area (Å²) in [6.45, 7) is 7.34. The highest BCUT2D eigenvalue weighted by molar-refractivity contribution is 9.10. The topological polar surface area (TPSA) is 64.9 Å². The molecule has 0 unspecified atom stereocenters. The highest BCUT2D eigenvalue weighted by Crippen LogP contribution is 2.17. The zero-order chi connectivity index (χ0) is 15.3. The first-order chi connectivity index (χ1) is 9.28. The number of carbonyl (C=O) groups is 1. The van der Waals surface area contributed by atoms with Gasteiger partial charge in [-0.05, 0) is 44.0 Å². The lowest BCUT2D eigenvalue weighted by Crippen LogP contribution is -2.52. The van der Waals surface area contributed by atoms with Crippen LogP contribution in [0.2, 0.25) is 0 Å². The van der Waals surface area contributed by atoms with Crippen LogP contribution in [0, 0.1) is 17.2 Å². The number of benzene rings is 1. The first-order valence-corrected chi connectivity index (χ1v) is 7.33. The lowest BCUT2D eigenvalue weighted by atomic mass is 9.90. The van der Waals surface area contributed by atoms with Crippen molar-refractivity contribution in [3.05, 3.63) is 28.7 Å². The van der Waals surface area contributed by atoms with E-state index in [0.717, 1.165) is 10.2 Å². The van der Waals surface area contributed by atoms with Gasteiger partial charge in [-0.15, -0.1) is 0 Å². The van der Waals surface area contributed by atoms with Gasteiger partial charge in [0.2, 0.25) is 5.91 Å². The molecule has 0 saturated heterocycles. The predicted octanol–water partition coefficient (Wildman–Crippen LogP) is 3.30. The molecule has 108 valence electrons. The van der Waals surface area contributed by atoms with Crippen LogP contribution < -0.4 is 10.6 Å². The molecule has 0 saturated carbocycles. The molecule has 0 fully saturated rings. The molecule has 0 heterocycles. The highest BCUT2D eigenvalue weighted by atomic mass is 79.9. The van der Waals surface area contributed by atoms with Gasteiger partial charge in [-0.3, -0.25) is 4.79 Å². The number of hydrogen-bond acceptors (Lipinski definition) is 3. The summed E-state index contributed by atoms with van der Waals surface area (Å²) in [5.74, 6) is -0.151. The fraction of sp³-hybridized carbons (Fsp3) is 0.467. The van der Waals surface area contributed by atoms with E-state index in [-0.39, 0.29) is 11.8 Å². The summed E-state index contributed by atoms with van der Waals surface area (Å²) in [5, 5.41) is 15.1. The highest BCUT2D eigenvalue weighted by Gasteiger charge is 2.31. The summed E-state index contributed by atoms with van der Waals surface area (Å²) < 4.78 is 0.983. The van der Waals surface area contributed by atoms with Crippen LogP contribution in [0.25, 0.3) is 0 Å². The first-order valence-electron chi connectivity index (χ1n) is 6.54. The molecule has 1 amide bonds. The van der Waals surface area contributed by atoms with E-state index >= 15 is 0 Å². The van der Waals surface area contributed by atoms with Crippen molar-refractivity contribution in [3.8, 4) is 6.07 Å². The molecule has 0 aliphatic carbocycles. The van der Waals surface area contributed by atoms with E-state index < -0.39 is 11.6 Å². The van der Waals surface area contributed by atoms with Crippen molar-refractivity contribution < 1.29 is 4.79 Å². The molecule has 4 nitrogen and oxygen atoms in total. The molecule has 5 heteroatoms. The van der Waals surface area contributed by atoms with Gasteiger partial charge in [-0.1, -0.05) is 29.8 Å². The van der Waals surface area contributed by atoms with Crippen molar-refractivity contribution in [1.29, 1.82) is 5.26 Å². The fourth-order valence-corrected chi connectivity index (χ4v) is 1.79. The smallest absolute Gasteiger partial charge is 0.243 e. The van der Waals surface area contributed by atoms with E-state index in [1.165, 1.54) is 0 Å². The van der Waals surface area contributed by atoms with E-state index in [9.17, 15) is 10.1 Å². The third kappa shape index (κ3) is 4.24. The van der Waals surface area contributed by atoms with Gasteiger partial charge in [0.15, 0.2) is 0 Å². The molecule has 20 heavy (non-hydrogen) atoms. The molecule has 0 aromatic heterocycles. The summed E-state index contributed by atoms with van der Waals surface area (Å²) >= 11 is 3.36. The average Bonchev–Trinajstić information content (AvgIpc) is 2.40. The second-order valence-corrected chi connectivity index (χ2v) is 6.25. The van der Waals surface area contributed by atoms with Crippen molar-refractivity contribution in [2.75, 3.05) is 5.32 Å². The number of nitrogens with zero attached hydrogens (tertiary/aromatic N) is 1. The second-order valence-electron chi connectivity index (χ2n) is 5.33. The molecular weight excluding hydrogens is 318 g/mol. The van der Waals surface area contributed by atoms with Crippen LogP contribution in [0.15, 0.2) is 28.7 Å². The molecule has 0 aliphatic rings. The Labute approximate surface area is 128 Å². The van der Waals surface area contributed by atoms with Crippen molar-refractivity contribution >= 4 is 27.5 Å². The monoisotopic (exact) mass is 337 g/mol. The Morgan fingerprint density at radius 1 is 1.30 bits per heavy atom. The SMILES string of the molecule is CC(C)[C@@](C)(C#N)NC(=O)[C@H](C)Nc1ccc(Br)cc1. The molecule has 0 aliphatic heterocycles. The van der Waals surface area contributed by atoms with Crippen molar-refractivity contribution in [2.45, 2.75) is 39.3 Å². The minimum absolute atomic E-state index is 0.0383. The Kier molecular flexibility index (Phi) is 5.58. The third-order valence-corrected chi connectivity index (χ3v) is 3.92. The maximum absolute atomic E-state index is 12.2. The normalized spacial score (nSPS) is 15.1.